The summed E-state index contributed by atoms with van der Waals surface area (Å²) < 4.78 is 0. The molecular weight excluding hydrogens is 378 g/mol. The van der Waals surface area contributed by atoms with Crippen molar-refractivity contribution in [1.82, 2.24) is 15.5 Å². The summed E-state index contributed by atoms with van der Waals surface area (Å²) in [6, 6.07) is 9.75. The van der Waals surface area contributed by atoms with Crippen LogP contribution in [0.1, 0.15) is 38.7 Å². The summed E-state index contributed by atoms with van der Waals surface area (Å²) in [7, 11) is 1.60. The Hall–Kier alpha value is -3.02. The second kappa shape index (κ2) is 11.9. The molecule has 162 valence electrons. The molecule has 1 aromatic carbocycles. The highest BCUT2D eigenvalue weighted by atomic mass is 16.3. The number of allylic oxidation sites excluding steroid dienone is 4. The van der Waals surface area contributed by atoms with Gasteiger partial charge in [-0.15, -0.1) is 0 Å². The molecule has 1 aliphatic rings. The second-order valence-corrected chi connectivity index (χ2v) is 7.49. The number of aliphatic hydroxyl groups is 1. The average molecular weight is 412 g/mol. The van der Waals surface area contributed by atoms with Crippen LogP contribution in [0.4, 0.5) is 0 Å². The molecule has 30 heavy (non-hydrogen) atoms. The number of nitrogens with zero attached hydrogens (tertiary/aromatic N) is 1. The number of nitrogens with one attached hydrogen (secondary N) is 2. The van der Waals surface area contributed by atoms with Crippen LogP contribution in [0.25, 0.3) is 0 Å². The van der Waals surface area contributed by atoms with Gasteiger partial charge in [-0.2, -0.15) is 0 Å². The number of carbonyl (C=O) groups excluding carboxylic acids is 2. The Morgan fingerprint density at radius 2 is 1.90 bits per heavy atom. The monoisotopic (exact) mass is 411 g/mol. The average Bonchev–Trinajstić information content (AvgIpc) is 2.76. The smallest absolute Gasteiger partial charge is 0.250 e. The van der Waals surface area contributed by atoms with Crippen molar-refractivity contribution in [2.75, 3.05) is 20.1 Å². The van der Waals surface area contributed by atoms with E-state index in [-0.39, 0.29) is 5.91 Å². The first-order valence-corrected chi connectivity index (χ1v) is 10.5. The summed E-state index contributed by atoms with van der Waals surface area (Å²) in [5, 5.41) is 15.2. The van der Waals surface area contributed by atoms with E-state index in [1.54, 1.807) is 14.0 Å². The molecule has 6 nitrogen and oxygen atoms in total. The molecule has 1 aromatic rings. The minimum absolute atomic E-state index is 0.198. The number of likely N-dealkylation sites (tertiary alicyclic amines) is 1. The molecule has 0 bridgehead atoms. The lowest BCUT2D eigenvalue weighted by atomic mass is 9.87. The van der Waals surface area contributed by atoms with Gasteiger partial charge in [0.05, 0.1) is 11.3 Å². The molecular formula is C24H33N3O3. The molecule has 1 saturated heterocycles. The fraction of sp³-hybridized carbons (Fsp3) is 0.417. The Labute approximate surface area is 179 Å². The third-order valence-corrected chi connectivity index (χ3v) is 5.30. The lowest BCUT2D eigenvalue weighted by molar-refractivity contribution is -0.117. The van der Waals surface area contributed by atoms with Gasteiger partial charge in [-0.1, -0.05) is 43.3 Å². The van der Waals surface area contributed by atoms with Crippen LogP contribution in [0, 0.1) is 5.92 Å². The van der Waals surface area contributed by atoms with E-state index in [0.29, 0.717) is 35.9 Å². The zero-order valence-electron chi connectivity index (χ0n) is 18.1. The van der Waals surface area contributed by atoms with Crippen LogP contribution in [-0.4, -0.2) is 42.5 Å². The quantitative estimate of drug-likeness (QED) is 0.252. The largest absolute Gasteiger partial charge is 0.513 e. The van der Waals surface area contributed by atoms with E-state index in [1.165, 1.54) is 0 Å². The minimum atomic E-state index is -0.198. The van der Waals surface area contributed by atoms with Crippen LogP contribution in [0.2, 0.25) is 0 Å². The summed E-state index contributed by atoms with van der Waals surface area (Å²) in [6.45, 7) is 5.21. The number of amides is 2. The van der Waals surface area contributed by atoms with Gasteiger partial charge in [0.15, 0.2) is 0 Å². The van der Waals surface area contributed by atoms with Crippen molar-refractivity contribution in [3.8, 4) is 0 Å². The molecule has 0 aliphatic carbocycles. The van der Waals surface area contributed by atoms with Crippen molar-refractivity contribution in [3.63, 3.8) is 0 Å². The Morgan fingerprint density at radius 3 is 2.43 bits per heavy atom. The lowest BCUT2D eigenvalue weighted by Crippen LogP contribution is -2.41. The third-order valence-electron chi connectivity index (χ3n) is 5.30. The van der Waals surface area contributed by atoms with Crippen LogP contribution in [0.5, 0.6) is 0 Å². The minimum Gasteiger partial charge on any atom is -0.513 e. The van der Waals surface area contributed by atoms with Gasteiger partial charge in [0, 0.05) is 26.6 Å². The molecule has 0 spiro atoms. The summed E-state index contributed by atoms with van der Waals surface area (Å²) in [4.78, 5) is 26.1. The van der Waals surface area contributed by atoms with Crippen LogP contribution >= 0.6 is 0 Å². The molecule has 2 rings (SSSR count). The molecule has 0 unspecified atom stereocenters. The molecule has 0 radical (unpaired) electrons. The summed E-state index contributed by atoms with van der Waals surface area (Å²) in [6.07, 6.45) is 7.74. The van der Waals surface area contributed by atoms with Crippen molar-refractivity contribution in [3.05, 3.63) is 70.8 Å². The summed E-state index contributed by atoms with van der Waals surface area (Å²) >= 11 is 0. The zero-order valence-corrected chi connectivity index (χ0v) is 18.1. The number of rotatable bonds is 9. The first-order valence-electron chi connectivity index (χ1n) is 10.5. The molecule has 6 heteroatoms. The highest BCUT2D eigenvalue weighted by Crippen LogP contribution is 2.29. The number of likely N-dealkylation sites (N-methyl/N-ethyl adjacent to an activating group) is 1. The van der Waals surface area contributed by atoms with Crippen molar-refractivity contribution >= 4 is 12.3 Å². The first-order chi connectivity index (χ1) is 14.5. The Morgan fingerprint density at radius 1 is 1.23 bits per heavy atom. The van der Waals surface area contributed by atoms with Crippen LogP contribution in [-0.2, 0) is 16.0 Å². The number of hydrogen-bond acceptors (Lipinski definition) is 4. The van der Waals surface area contributed by atoms with Gasteiger partial charge in [-0.25, -0.2) is 0 Å². The number of carbonyl (C=O) groups is 2. The van der Waals surface area contributed by atoms with Crippen LogP contribution < -0.4 is 10.6 Å². The van der Waals surface area contributed by atoms with E-state index < -0.39 is 0 Å². The van der Waals surface area contributed by atoms with E-state index >= 15 is 0 Å². The maximum absolute atomic E-state index is 12.7. The molecule has 3 N–H and O–H groups in total. The lowest BCUT2D eigenvalue weighted by Gasteiger charge is -2.36. The van der Waals surface area contributed by atoms with Crippen LogP contribution in [0.3, 0.4) is 0 Å². The zero-order chi connectivity index (χ0) is 21.9. The van der Waals surface area contributed by atoms with Crippen molar-refractivity contribution in [2.24, 2.45) is 5.92 Å². The number of benzene rings is 1. The summed E-state index contributed by atoms with van der Waals surface area (Å²) in [5.41, 5.74) is 2.71. The standard InChI is InChI=1S/C24H33N3O3/c1-4-8-21(15-18(2)29)20-11-13-27(14-12-20)23(26-17-28)22(24(30)25-3)16-19-9-6-5-7-10-19/h5-10,15,17,20,29H,4,11-14,16H2,1-3H3,(H,25,30)(H,26,28)/b18-15+,21-8+,23-22+. The van der Waals surface area contributed by atoms with Crippen molar-refractivity contribution in [2.45, 2.75) is 39.5 Å². The highest BCUT2D eigenvalue weighted by molar-refractivity contribution is 5.94. The van der Waals surface area contributed by atoms with Gasteiger partial charge >= 0.3 is 0 Å². The normalized spacial score (nSPS) is 16.7. The molecule has 0 saturated carbocycles. The topological polar surface area (TPSA) is 81.7 Å². The molecule has 0 aromatic heterocycles. The first kappa shape index (κ1) is 23.3. The van der Waals surface area contributed by atoms with Gasteiger partial charge in [0.25, 0.3) is 5.91 Å². The summed E-state index contributed by atoms with van der Waals surface area (Å²) in [5.74, 6) is 1.03. The fourth-order valence-corrected chi connectivity index (χ4v) is 3.90. The van der Waals surface area contributed by atoms with Crippen molar-refractivity contribution < 1.29 is 14.7 Å². The van der Waals surface area contributed by atoms with Gasteiger partial charge in [0.2, 0.25) is 6.41 Å². The SMILES string of the molecule is CC/C=C(\C=C(/C)O)C1CCN(/C(NC=O)=C(\Cc2ccccc2)C(=O)NC)CC1. The van der Waals surface area contributed by atoms with E-state index in [1.807, 2.05) is 36.4 Å². The van der Waals surface area contributed by atoms with Crippen molar-refractivity contribution in [1.29, 1.82) is 0 Å². The van der Waals surface area contributed by atoms with E-state index in [9.17, 15) is 14.7 Å². The maximum atomic E-state index is 12.7. The number of aliphatic hydroxyl groups excluding tert-OH is 1. The third kappa shape index (κ3) is 6.51. The molecule has 1 fully saturated rings. The second-order valence-electron chi connectivity index (χ2n) is 7.49. The molecule has 2 amide bonds. The fourth-order valence-electron chi connectivity index (χ4n) is 3.90. The van der Waals surface area contributed by atoms with Gasteiger partial charge in [0.1, 0.15) is 5.82 Å². The predicted molar refractivity (Wildman–Crippen MR) is 119 cm³/mol. The molecule has 1 heterocycles. The van der Waals surface area contributed by atoms with Gasteiger partial charge < -0.3 is 20.6 Å². The van der Waals surface area contributed by atoms with Gasteiger partial charge in [-0.05, 0) is 49.3 Å². The molecule has 1 aliphatic heterocycles. The maximum Gasteiger partial charge on any atom is 0.250 e. The van der Waals surface area contributed by atoms with Crippen LogP contribution in [0.15, 0.2) is 65.2 Å². The van der Waals surface area contributed by atoms with E-state index in [0.717, 1.165) is 43.5 Å². The number of piperidine rings is 1. The highest BCUT2D eigenvalue weighted by Gasteiger charge is 2.26. The Bertz CT molecular complexity index is 800. The number of hydrogen-bond donors (Lipinski definition) is 3. The van der Waals surface area contributed by atoms with Gasteiger partial charge in [-0.3, -0.25) is 9.59 Å². The van der Waals surface area contributed by atoms with E-state index in [4.69, 9.17) is 0 Å². The molecule has 0 atom stereocenters. The Kier molecular flexibility index (Phi) is 9.19. The van der Waals surface area contributed by atoms with E-state index in [2.05, 4.69) is 28.5 Å². The Balaban J connectivity index is 2.27. The predicted octanol–water partition coefficient (Wildman–Crippen LogP) is 3.44.